The topological polar surface area (TPSA) is 66.4 Å². The Morgan fingerprint density at radius 2 is 1.98 bits per heavy atom. The highest BCUT2D eigenvalue weighted by Crippen LogP contribution is 2.60. The van der Waals surface area contributed by atoms with Gasteiger partial charge in [0, 0.05) is 55.6 Å². The summed E-state index contributed by atoms with van der Waals surface area (Å²) in [5.41, 5.74) is 1.26. The number of piperazine rings is 1. The summed E-state index contributed by atoms with van der Waals surface area (Å²) in [6, 6.07) is 8.82. The summed E-state index contributed by atoms with van der Waals surface area (Å²) in [4.78, 5) is 19.2. The lowest BCUT2D eigenvalue weighted by atomic mass is 9.89. The van der Waals surface area contributed by atoms with Gasteiger partial charge in [-0.2, -0.15) is 9.97 Å². The van der Waals surface area contributed by atoms with E-state index in [1.54, 1.807) is 18.2 Å². The summed E-state index contributed by atoms with van der Waals surface area (Å²) in [5, 5.41) is 5.38. The molecule has 4 aliphatic heterocycles. The van der Waals surface area contributed by atoms with Crippen LogP contribution in [-0.4, -0.2) is 76.4 Å². The number of halogens is 3. The SMILES string of the molecule is C#Cc1c(F)ccc2cccc(-c3nc4c5c(nc(OC[C@@]67C[C@@H](F)CN6CC6(CC6)C7)nc5c3F)N3C[C@@H](CC)NC[C@H]3CC4)c12. The first kappa shape index (κ1) is 29.2. The van der Waals surface area contributed by atoms with E-state index in [-0.39, 0.29) is 46.9 Å². The summed E-state index contributed by atoms with van der Waals surface area (Å²) >= 11 is 0. The van der Waals surface area contributed by atoms with Crippen LogP contribution in [-0.2, 0) is 6.42 Å². The van der Waals surface area contributed by atoms with Crippen LogP contribution in [0.2, 0.25) is 0 Å². The van der Waals surface area contributed by atoms with Crippen molar-refractivity contribution in [1.82, 2.24) is 25.2 Å². The number of fused-ring (bicyclic) bond motifs is 4. The maximum Gasteiger partial charge on any atom is 0.319 e. The largest absolute Gasteiger partial charge is 0.461 e. The van der Waals surface area contributed by atoms with Gasteiger partial charge in [0.05, 0.1) is 22.2 Å². The van der Waals surface area contributed by atoms with E-state index >= 15 is 4.39 Å². The predicted octanol–water partition coefficient (Wildman–Crippen LogP) is 5.95. The minimum atomic E-state index is -0.892. The van der Waals surface area contributed by atoms with Crippen molar-refractivity contribution in [2.45, 2.75) is 75.7 Å². The molecule has 5 aliphatic rings. The molecule has 0 unspecified atom stereocenters. The maximum atomic E-state index is 17.1. The van der Waals surface area contributed by atoms with Gasteiger partial charge in [-0.05, 0) is 55.4 Å². The normalized spacial score (nSPS) is 27.6. The fourth-order valence-corrected chi connectivity index (χ4v) is 9.01. The van der Waals surface area contributed by atoms with Gasteiger partial charge in [-0.3, -0.25) is 4.90 Å². The zero-order valence-electron chi connectivity index (χ0n) is 26.5. The molecule has 4 fully saturated rings. The summed E-state index contributed by atoms with van der Waals surface area (Å²) in [6.07, 6.45) is 10.9. The van der Waals surface area contributed by atoms with Crippen molar-refractivity contribution in [2.24, 2.45) is 5.41 Å². The molecule has 6 heterocycles. The Bertz CT molecular complexity index is 1990. The second kappa shape index (κ2) is 10.5. The Morgan fingerprint density at radius 1 is 1.11 bits per heavy atom. The molecule has 3 saturated heterocycles. The van der Waals surface area contributed by atoms with Crippen LogP contribution in [0.1, 0.15) is 56.7 Å². The van der Waals surface area contributed by atoms with Crippen molar-refractivity contribution >= 4 is 27.5 Å². The lowest BCUT2D eigenvalue weighted by Gasteiger charge is -2.40. The fourth-order valence-electron chi connectivity index (χ4n) is 9.01. The molecule has 2 aromatic carbocycles. The first-order valence-electron chi connectivity index (χ1n) is 16.9. The average Bonchev–Trinajstić information content (AvgIpc) is 3.71. The van der Waals surface area contributed by atoms with Gasteiger partial charge in [0.15, 0.2) is 5.82 Å². The first-order chi connectivity index (χ1) is 22.8. The molecule has 0 bridgehead atoms. The highest BCUT2D eigenvalue weighted by atomic mass is 19.1. The van der Waals surface area contributed by atoms with E-state index in [9.17, 15) is 8.78 Å². The third-order valence-corrected chi connectivity index (χ3v) is 11.5. The number of benzene rings is 2. The molecular formula is C37H37F3N6O. The van der Waals surface area contributed by atoms with Crippen LogP contribution in [0.4, 0.5) is 19.0 Å². The van der Waals surface area contributed by atoms with Gasteiger partial charge in [0.2, 0.25) is 0 Å². The Hall–Kier alpha value is -3.94. The number of terminal acetylenes is 1. The van der Waals surface area contributed by atoms with Crippen LogP contribution in [0.25, 0.3) is 32.9 Å². The van der Waals surface area contributed by atoms with Gasteiger partial charge < -0.3 is 15.0 Å². The number of nitrogens with zero attached hydrogens (tertiary/aromatic N) is 5. The highest BCUT2D eigenvalue weighted by molar-refractivity contribution is 6.02. The van der Waals surface area contributed by atoms with Gasteiger partial charge in [-0.25, -0.2) is 18.2 Å². The molecule has 10 heteroatoms. The van der Waals surface area contributed by atoms with E-state index in [2.05, 4.69) is 28.0 Å². The molecule has 2 aromatic heterocycles. The molecule has 0 radical (unpaired) electrons. The fraction of sp³-hybridized carbons (Fsp3) is 0.486. The van der Waals surface area contributed by atoms with E-state index in [4.69, 9.17) is 26.1 Å². The smallest absolute Gasteiger partial charge is 0.319 e. The van der Waals surface area contributed by atoms with Crippen LogP contribution >= 0.6 is 0 Å². The first-order valence-corrected chi connectivity index (χ1v) is 16.9. The minimum absolute atomic E-state index is 0.0722. The number of hydrogen-bond donors (Lipinski definition) is 1. The predicted molar refractivity (Wildman–Crippen MR) is 175 cm³/mol. The van der Waals surface area contributed by atoms with Crippen LogP contribution in [0, 0.1) is 29.4 Å². The quantitative estimate of drug-likeness (QED) is 0.271. The number of rotatable bonds is 5. The molecular weight excluding hydrogens is 601 g/mol. The Balaban J connectivity index is 1.21. The number of alkyl halides is 1. The molecule has 9 rings (SSSR count). The number of aryl methyl sites for hydroxylation is 1. The van der Waals surface area contributed by atoms with Gasteiger partial charge in [0.1, 0.15) is 35.6 Å². The van der Waals surface area contributed by atoms with Crippen molar-refractivity contribution in [1.29, 1.82) is 0 Å². The maximum absolute atomic E-state index is 17.1. The van der Waals surface area contributed by atoms with E-state index in [1.807, 2.05) is 6.07 Å². The number of hydrogen-bond acceptors (Lipinski definition) is 7. The average molecular weight is 639 g/mol. The molecule has 7 nitrogen and oxygen atoms in total. The number of anilines is 1. The van der Waals surface area contributed by atoms with Gasteiger partial charge in [-0.15, -0.1) is 6.42 Å². The zero-order chi connectivity index (χ0) is 32.1. The summed E-state index contributed by atoms with van der Waals surface area (Å²) < 4.78 is 53.3. The van der Waals surface area contributed by atoms with Crippen molar-refractivity contribution in [2.75, 3.05) is 37.7 Å². The minimum Gasteiger partial charge on any atom is -0.461 e. The van der Waals surface area contributed by atoms with Crippen LogP contribution in [0.15, 0.2) is 30.3 Å². The third-order valence-electron chi connectivity index (χ3n) is 11.5. The number of nitrogens with one attached hydrogen (secondary N) is 1. The third kappa shape index (κ3) is 4.53. The number of pyridine rings is 1. The van der Waals surface area contributed by atoms with Crippen LogP contribution in [0.5, 0.6) is 6.01 Å². The van der Waals surface area contributed by atoms with Gasteiger partial charge in [-0.1, -0.05) is 37.1 Å². The standard InChI is InChI=1S/C37H37F3N6O/c1-3-23-17-46-24(15-41-23)9-11-28-30-33(31(40)32(42-28)26-7-5-6-21-8-10-27(39)25(4-2)29(21)26)43-35(44-34(30)46)47-20-37-14-22(38)16-45(37)19-36(18-37)12-13-36/h2,5-8,10,22-24,41H,3,9,11-20H2,1H3/t22-,23-,24-,37+/m1/s1. The second-order valence-electron chi connectivity index (χ2n) is 14.5. The molecule has 242 valence electrons. The Kier molecular flexibility index (Phi) is 6.55. The van der Waals surface area contributed by atoms with E-state index in [0.29, 0.717) is 59.2 Å². The van der Waals surface area contributed by atoms with Gasteiger partial charge in [0.25, 0.3) is 0 Å². The second-order valence-corrected chi connectivity index (χ2v) is 14.5. The van der Waals surface area contributed by atoms with Crippen molar-refractivity contribution in [3.63, 3.8) is 0 Å². The molecule has 1 N–H and O–H groups in total. The Morgan fingerprint density at radius 3 is 2.79 bits per heavy atom. The van der Waals surface area contributed by atoms with Crippen LogP contribution in [0.3, 0.4) is 0 Å². The molecule has 0 amide bonds. The van der Waals surface area contributed by atoms with Crippen molar-refractivity contribution in [3.8, 4) is 29.6 Å². The summed E-state index contributed by atoms with van der Waals surface area (Å²) in [5.74, 6) is 1.93. The summed E-state index contributed by atoms with van der Waals surface area (Å²) in [6.45, 7) is 5.22. The Labute approximate surface area is 271 Å². The lowest BCUT2D eigenvalue weighted by molar-refractivity contribution is 0.107. The number of ether oxygens (including phenoxy) is 1. The molecule has 1 spiro atoms. The van der Waals surface area contributed by atoms with Crippen molar-refractivity contribution in [3.05, 3.63) is 53.2 Å². The van der Waals surface area contributed by atoms with E-state index in [0.717, 1.165) is 32.4 Å². The molecule has 4 aromatic rings. The number of aromatic nitrogens is 3. The van der Waals surface area contributed by atoms with E-state index < -0.39 is 23.3 Å². The lowest BCUT2D eigenvalue weighted by Crippen LogP contribution is -2.56. The molecule has 1 saturated carbocycles. The molecule has 47 heavy (non-hydrogen) atoms. The van der Waals surface area contributed by atoms with Crippen molar-refractivity contribution < 1.29 is 17.9 Å². The van der Waals surface area contributed by atoms with Crippen LogP contribution < -0.4 is 15.0 Å². The van der Waals surface area contributed by atoms with E-state index in [1.165, 1.54) is 18.9 Å². The monoisotopic (exact) mass is 638 g/mol. The van der Waals surface area contributed by atoms with Gasteiger partial charge >= 0.3 is 6.01 Å². The summed E-state index contributed by atoms with van der Waals surface area (Å²) in [7, 11) is 0. The highest BCUT2D eigenvalue weighted by Gasteiger charge is 2.62. The zero-order valence-corrected chi connectivity index (χ0v) is 26.5. The molecule has 1 aliphatic carbocycles. The molecule has 4 atom stereocenters.